The summed E-state index contributed by atoms with van der Waals surface area (Å²) in [6.07, 6.45) is 6.88. The minimum atomic E-state index is -1.15. The van der Waals surface area contributed by atoms with Crippen LogP contribution in [0.4, 0.5) is 0 Å². The predicted molar refractivity (Wildman–Crippen MR) is 96.5 cm³/mol. The van der Waals surface area contributed by atoms with E-state index in [4.69, 9.17) is 4.74 Å². The molecule has 1 fully saturated rings. The summed E-state index contributed by atoms with van der Waals surface area (Å²) in [5.74, 6) is 0.395. The van der Waals surface area contributed by atoms with Gasteiger partial charge < -0.3 is 10.1 Å². The van der Waals surface area contributed by atoms with Gasteiger partial charge in [-0.25, -0.2) is 0 Å². The summed E-state index contributed by atoms with van der Waals surface area (Å²) in [4.78, 5) is 12.2. The molecule has 1 aromatic carbocycles. The molecule has 0 unspecified atom stereocenters. The zero-order valence-electron chi connectivity index (χ0n) is 14.4. The molecule has 0 bridgehead atoms. The van der Waals surface area contributed by atoms with Crippen LogP contribution in [0.15, 0.2) is 18.2 Å². The molecule has 0 radical (unpaired) electrons. The number of hydrogen-bond donors (Lipinski definition) is 1. The summed E-state index contributed by atoms with van der Waals surface area (Å²) in [5, 5.41) is 2.99. The lowest BCUT2D eigenvalue weighted by molar-refractivity contribution is -0.119. The number of carbonyl (C=O) groups excluding carboxylic acids is 1. The number of ether oxygens (including phenoxy) is 1. The van der Waals surface area contributed by atoms with Crippen LogP contribution < -0.4 is 5.32 Å². The fourth-order valence-corrected chi connectivity index (χ4v) is 4.75. The molecule has 0 saturated carbocycles. The number of benzene rings is 1. The summed E-state index contributed by atoms with van der Waals surface area (Å²) in [6.45, 7) is 2.74. The molecule has 1 aliphatic heterocycles. The fourth-order valence-electron chi connectivity index (χ4n) is 3.58. The lowest BCUT2D eigenvalue weighted by Gasteiger charge is -2.20. The third kappa shape index (κ3) is 4.67. The van der Waals surface area contributed by atoms with Crippen LogP contribution in [0, 0.1) is 0 Å². The molecular weight excluding hydrogens is 322 g/mol. The molecule has 0 spiro atoms. The summed E-state index contributed by atoms with van der Waals surface area (Å²) in [6, 6.07) is 6.48. The van der Waals surface area contributed by atoms with Crippen molar-refractivity contribution in [3.05, 3.63) is 34.9 Å². The monoisotopic (exact) mass is 349 g/mol. The van der Waals surface area contributed by atoms with Gasteiger partial charge in [-0.3, -0.25) is 9.00 Å². The second-order valence-corrected chi connectivity index (χ2v) is 8.41. The summed E-state index contributed by atoms with van der Waals surface area (Å²) >= 11 is 0. The molecule has 24 heavy (non-hydrogen) atoms. The van der Waals surface area contributed by atoms with Crippen molar-refractivity contribution in [2.75, 3.05) is 18.1 Å². The Hall–Kier alpha value is -1.20. The lowest BCUT2D eigenvalue weighted by atomic mass is 9.89. The highest BCUT2D eigenvalue weighted by atomic mass is 32.2. The Labute approximate surface area is 146 Å². The van der Waals surface area contributed by atoms with E-state index in [0.717, 1.165) is 31.4 Å². The quantitative estimate of drug-likeness (QED) is 0.859. The molecule has 3 rings (SSSR count). The van der Waals surface area contributed by atoms with Crippen molar-refractivity contribution in [3.8, 4) is 0 Å². The van der Waals surface area contributed by atoms with E-state index in [0.29, 0.717) is 5.75 Å². The maximum absolute atomic E-state index is 12.2. The third-order valence-electron chi connectivity index (χ3n) is 4.94. The van der Waals surface area contributed by atoms with Crippen LogP contribution in [0.1, 0.15) is 55.3 Å². The smallest absolute Gasteiger partial charge is 0.233 e. The molecule has 1 heterocycles. The van der Waals surface area contributed by atoms with Crippen molar-refractivity contribution in [2.24, 2.45) is 0 Å². The van der Waals surface area contributed by atoms with Gasteiger partial charge in [0, 0.05) is 17.4 Å². The van der Waals surface area contributed by atoms with Gasteiger partial charge in [-0.2, -0.15) is 0 Å². The van der Waals surface area contributed by atoms with E-state index in [9.17, 15) is 9.00 Å². The largest absolute Gasteiger partial charge is 0.377 e. The molecule has 1 amide bonds. The van der Waals surface area contributed by atoms with Gasteiger partial charge in [0.15, 0.2) is 0 Å². The van der Waals surface area contributed by atoms with E-state index in [1.54, 1.807) is 0 Å². The molecule has 0 aromatic heterocycles. The lowest BCUT2D eigenvalue weighted by Crippen LogP contribution is -2.32. The first-order chi connectivity index (χ1) is 11.6. The first-order valence-electron chi connectivity index (χ1n) is 8.99. The number of aryl methyl sites for hydroxylation is 2. The van der Waals surface area contributed by atoms with Crippen molar-refractivity contribution in [1.82, 2.24) is 5.32 Å². The highest BCUT2D eigenvalue weighted by molar-refractivity contribution is 7.85. The molecule has 3 atom stereocenters. The van der Waals surface area contributed by atoms with Gasteiger partial charge in [-0.15, -0.1) is 0 Å². The summed E-state index contributed by atoms with van der Waals surface area (Å²) < 4.78 is 17.6. The van der Waals surface area contributed by atoms with Crippen LogP contribution in [0.2, 0.25) is 0 Å². The number of carbonyl (C=O) groups is 1. The minimum absolute atomic E-state index is 0.0514. The maximum Gasteiger partial charge on any atom is 0.233 e. The molecule has 1 N–H and O–H groups in total. The van der Waals surface area contributed by atoms with Crippen molar-refractivity contribution in [2.45, 2.75) is 57.6 Å². The molecule has 1 aliphatic carbocycles. The Kier molecular flexibility index (Phi) is 6.06. The van der Waals surface area contributed by atoms with Crippen molar-refractivity contribution < 1.29 is 13.7 Å². The van der Waals surface area contributed by atoms with Gasteiger partial charge in [0.1, 0.15) is 5.75 Å². The molecular formula is C19H27NO3S. The molecule has 1 saturated heterocycles. The van der Waals surface area contributed by atoms with Crippen LogP contribution in [0.25, 0.3) is 0 Å². The standard InChI is InChI=1S/C19H27NO3S/c1-14(16-9-8-15-5-2-3-6-17(15)11-16)20-19(21)13-24(22)12-18-7-4-10-23-18/h8-9,11,14,18H,2-7,10,12-13H2,1H3,(H,20,21)/t14-,18-,24-/m0/s1. The molecule has 1 aromatic rings. The Morgan fingerprint density at radius 3 is 2.83 bits per heavy atom. The summed E-state index contributed by atoms with van der Waals surface area (Å²) in [5.41, 5.74) is 4.00. The van der Waals surface area contributed by atoms with Crippen LogP contribution in [0.3, 0.4) is 0 Å². The maximum atomic E-state index is 12.2. The topological polar surface area (TPSA) is 55.4 Å². The fraction of sp³-hybridized carbons (Fsp3) is 0.632. The molecule has 4 nitrogen and oxygen atoms in total. The van der Waals surface area contributed by atoms with Gasteiger partial charge in [-0.1, -0.05) is 18.2 Å². The van der Waals surface area contributed by atoms with Gasteiger partial charge in [0.2, 0.25) is 5.91 Å². The Bertz CT molecular complexity index is 611. The van der Waals surface area contributed by atoms with E-state index in [2.05, 4.69) is 23.5 Å². The predicted octanol–water partition coefficient (Wildman–Crippen LogP) is 2.67. The number of hydrogen-bond acceptors (Lipinski definition) is 3. The van der Waals surface area contributed by atoms with E-state index in [1.165, 1.54) is 30.4 Å². The minimum Gasteiger partial charge on any atom is -0.377 e. The molecule has 132 valence electrons. The third-order valence-corrected chi connectivity index (χ3v) is 6.27. The van der Waals surface area contributed by atoms with Crippen molar-refractivity contribution in [3.63, 3.8) is 0 Å². The van der Waals surface area contributed by atoms with E-state index < -0.39 is 10.8 Å². The van der Waals surface area contributed by atoms with Crippen molar-refractivity contribution in [1.29, 1.82) is 0 Å². The van der Waals surface area contributed by atoms with E-state index in [-0.39, 0.29) is 23.8 Å². The molecule has 2 aliphatic rings. The first kappa shape index (κ1) is 17.6. The first-order valence-corrected chi connectivity index (χ1v) is 10.5. The van der Waals surface area contributed by atoms with Gasteiger partial charge in [-0.05, 0) is 62.1 Å². The van der Waals surface area contributed by atoms with Crippen molar-refractivity contribution >= 4 is 16.7 Å². The van der Waals surface area contributed by atoms with Crippen LogP contribution >= 0.6 is 0 Å². The normalized spacial score (nSPS) is 22.6. The average Bonchev–Trinajstić information content (AvgIpc) is 3.06. The summed E-state index contributed by atoms with van der Waals surface area (Å²) in [7, 11) is -1.15. The Balaban J connectivity index is 1.51. The Morgan fingerprint density at radius 2 is 2.08 bits per heavy atom. The number of rotatable bonds is 6. The zero-order chi connectivity index (χ0) is 16.9. The van der Waals surface area contributed by atoms with E-state index >= 15 is 0 Å². The SMILES string of the molecule is C[C@H](NC(=O)C[S@@](=O)C[C@@H]1CCCO1)c1ccc2c(c1)CCCC2. The second-order valence-electron chi connectivity index (χ2n) is 6.91. The average molecular weight is 349 g/mol. The van der Waals surface area contributed by atoms with Crippen LogP contribution in [-0.2, 0) is 33.2 Å². The second kappa shape index (κ2) is 8.26. The van der Waals surface area contributed by atoms with Gasteiger partial charge in [0.25, 0.3) is 0 Å². The number of amides is 1. The van der Waals surface area contributed by atoms with Gasteiger partial charge >= 0.3 is 0 Å². The van der Waals surface area contributed by atoms with Crippen LogP contribution in [-0.4, -0.2) is 34.3 Å². The highest BCUT2D eigenvalue weighted by Gasteiger charge is 2.20. The Morgan fingerprint density at radius 1 is 1.29 bits per heavy atom. The van der Waals surface area contributed by atoms with Gasteiger partial charge in [0.05, 0.1) is 17.9 Å². The van der Waals surface area contributed by atoms with E-state index in [1.807, 2.05) is 6.92 Å². The zero-order valence-corrected chi connectivity index (χ0v) is 15.2. The highest BCUT2D eigenvalue weighted by Crippen LogP contribution is 2.24. The number of fused-ring (bicyclic) bond motifs is 1. The van der Waals surface area contributed by atoms with Crippen LogP contribution in [0.5, 0.6) is 0 Å². The molecule has 5 heteroatoms. The number of nitrogens with one attached hydrogen (secondary N) is 1.